The molecule has 1 atom stereocenters. The minimum atomic E-state index is -0.206. The second kappa shape index (κ2) is 3.56. The van der Waals surface area contributed by atoms with Crippen molar-refractivity contribution in [2.24, 2.45) is 0 Å². The molecule has 1 aliphatic rings. The van der Waals surface area contributed by atoms with E-state index >= 15 is 0 Å². The molecule has 10 heavy (non-hydrogen) atoms. The first-order chi connectivity index (χ1) is 4.79. The van der Waals surface area contributed by atoms with Crippen molar-refractivity contribution in [1.82, 2.24) is 5.32 Å². The van der Waals surface area contributed by atoms with E-state index in [0.29, 0.717) is 6.61 Å². The lowest BCUT2D eigenvalue weighted by atomic mass is 10.2. The zero-order valence-electron chi connectivity index (χ0n) is 6.17. The Bertz CT molecular complexity index is 119. The Labute approximate surface area is 60.7 Å². The third-order valence-electron chi connectivity index (χ3n) is 1.56. The van der Waals surface area contributed by atoms with Gasteiger partial charge in [-0.1, -0.05) is 0 Å². The van der Waals surface area contributed by atoms with Gasteiger partial charge in [-0.3, -0.25) is 4.79 Å². The molecule has 0 aliphatic carbocycles. The van der Waals surface area contributed by atoms with E-state index in [-0.39, 0.29) is 12.0 Å². The van der Waals surface area contributed by atoms with Gasteiger partial charge in [-0.25, -0.2) is 5.32 Å². The summed E-state index contributed by atoms with van der Waals surface area (Å²) in [7, 11) is 0. The van der Waals surface area contributed by atoms with Gasteiger partial charge in [0.15, 0.2) is 0 Å². The summed E-state index contributed by atoms with van der Waals surface area (Å²) in [5.41, 5.74) is 0. The molecule has 3 heteroatoms. The van der Waals surface area contributed by atoms with Crippen LogP contribution in [0.25, 0.3) is 0 Å². The van der Waals surface area contributed by atoms with Gasteiger partial charge in [0.2, 0.25) is 0 Å². The summed E-state index contributed by atoms with van der Waals surface area (Å²) >= 11 is 0. The zero-order chi connectivity index (χ0) is 7.40. The van der Waals surface area contributed by atoms with Gasteiger partial charge in [-0.15, -0.1) is 0 Å². The lowest BCUT2D eigenvalue weighted by Gasteiger charge is -2.06. The second-order valence-electron chi connectivity index (χ2n) is 2.50. The Kier molecular flexibility index (Phi) is 2.68. The Hall–Kier alpha value is -0.570. The number of ether oxygens (including phenoxy) is 1. The van der Waals surface area contributed by atoms with Crippen molar-refractivity contribution in [3.8, 4) is 0 Å². The molecule has 1 heterocycles. The van der Waals surface area contributed by atoms with Crippen LogP contribution in [0, 0.1) is 0 Å². The van der Waals surface area contributed by atoms with E-state index in [1.165, 1.54) is 6.92 Å². The maximum absolute atomic E-state index is 10.3. The van der Waals surface area contributed by atoms with E-state index in [1.54, 1.807) is 0 Å². The molecule has 1 rings (SSSR count). The average molecular weight is 142 g/mol. The van der Waals surface area contributed by atoms with Crippen LogP contribution in [0.2, 0.25) is 0 Å². The molecule has 0 saturated carbocycles. The maximum Gasteiger partial charge on any atom is 0.302 e. The lowest BCUT2D eigenvalue weighted by molar-refractivity contribution is -0.141. The van der Waals surface area contributed by atoms with Gasteiger partial charge >= 0.3 is 5.97 Å². The topological polar surface area (TPSA) is 40.4 Å². The van der Waals surface area contributed by atoms with Crippen molar-refractivity contribution >= 4 is 5.97 Å². The number of hydrogen-bond donors (Lipinski definition) is 0. The molecular weight excluding hydrogens is 130 g/mol. The first kappa shape index (κ1) is 7.54. The molecule has 0 spiro atoms. The van der Waals surface area contributed by atoms with Crippen LogP contribution in [0.1, 0.15) is 19.8 Å². The minimum absolute atomic E-state index is 0.206. The second-order valence-corrected chi connectivity index (χ2v) is 2.50. The predicted molar refractivity (Wildman–Crippen MR) is 36.7 cm³/mol. The molecule has 0 N–H and O–H groups in total. The smallest absolute Gasteiger partial charge is 0.302 e. The van der Waals surface area contributed by atoms with Crippen molar-refractivity contribution in [3.05, 3.63) is 0 Å². The summed E-state index contributed by atoms with van der Waals surface area (Å²) in [5, 5.41) is 4.23. The van der Waals surface area contributed by atoms with Crippen molar-refractivity contribution in [1.29, 1.82) is 0 Å². The van der Waals surface area contributed by atoms with Crippen molar-refractivity contribution in [2.45, 2.75) is 25.8 Å². The van der Waals surface area contributed by atoms with E-state index < -0.39 is 0 Å². The van der Waals surface area contributed by atoms with Gasteiger partial charge in [0, 0.05) is 13.5 Å². The molecule has 1 saturated heterocycles. The van der Waals surface area contributed by atoms with Crippen LogP contribution >= 0.6 is 0 Å². The molecule has 57 valence electrons. The van der Waals surface area contributed by atoms with Crippen LogP contribution in [0.5, 0.6) is 0 Å². The van der Waals surface area contributed by atoms with E-state index in [2.05, 4.69) is 5.32 Å². The summed E-state index contributed by atoms with van der Waals surface area (Å²) in [5.74, 6) is -0.206. The Morgan fingerprint density at radius 2 is 2.60 bits per heavy atom. The highest BCUT2D eigenvalue weighted by Gasteiger charge is 2.15. The monoisotopic (exact) mass is 142 g/mol. The number of rotatable bonds is 2. The molecule has 3 nitrogen and oxygen atoms in total. The van der Waals surface area contributed by atoms with Crippen LogP contribution in [-0.4, -0.2) is 25.2 Å². The molecule has 0 aromatic rings. The van der Waals surface area contributed by atoms with Crippen LogP contribution in [-0.2, 0) is 9.53 Å². The normalized spacial score (nSPS) is 24.7. The Morgan fingerprint density at radius 1 is 1.80 bits per heavy atom. The Morgan fingerprint density at radius 3 is 3.10 bits per heavy atom. The average Bonchev–Trinajstić information content (AvgIpc) is 2.34. The van der Waals surface area contributed by atoms with E-state index in [0.717, 1.165) is 19.4 Å². The highest BCUT2D eigenvalue weighted by atomic mass is 16.5. The SMILES string of the molecule is CC(=O)OC[C@@H]1CCC[N]1. The van der Waals surface area contributed by atoms with Crippen LogP contribution in [0.15, 0.2) is 0 Å². The van der Waals surface area contributed by atoms with E-state index in [9.17, 15) is 4.79 Å². The number of hydrogen-bond acceptors (Lipinski definition) is 2. The first-order valence-electron chi connectivity index (χ1n) is 3.59. The van der Waals surface area contributed by atoms with Crippen molar-refractivity contribution in [2.75, 3.05) is 13.2 Å². The van der Waals surface area contributed by atoms with Gasteiger partial charge in [-0.05, 0) is 12.8 Å². The third kappa shape index (κ3) is 2.35. The number of nitrogens with zero attached hydrogens (tertiary/aromatic N) is 1. The van der Waals surface area contributed by atoms with Gasteiger partial charge in [0.25, 0.3) is 0 Å². The zero-order valence-corrected chi connectivity index (χ0v) is 6.17. The molecule has 0 aromatic heterocycles. The molecule has 0 amide bonds. The summed E-state index contributed by atoms with van der Waals surface area (Å²) < 4.78 is 4.79. The summed E-state index contributed by atoms with van der Waals surface area (Å²) in [6.07, 6.45) is 2.22. The highest BCUT2D eigenvalue weighted by Crippen LogP contribution is 2.06. The standard InChI is InChI=1S/C7H12NO2/c1-6(9)10-5-7-3-2-4-8-7/h7H,2-5H2,1H3/t7-/m0/s1. The van der Waals surface area contributed by atoms with Crippen molar-refractivity contribution < 1.29 is 9.53 Å². The summed E-state index contributed by atoms with van der Waals surface area (Å²) in [6, 6.07) is 0.281. The predicted octanol–water partition coefficient (Wildman–Crippen LogP) is 0.316. The fraction of sp³-hybridized carbons (Fsp3) is 0.857. The summed E-state index contributed by atoms with van der Waals surface area (Å²) in [4.78, 5) is 10.3. The largest absolute Gasteiger partial charge is 0.464 e. The van der Waals surface area contributed by atoms with Crippen LogP contribution in [0.4, 0.5) is 0 Å². The van der Waals surface area contributed by atoms with Gasteiger partial charge in [-0.2, -0.15) is 0 Å². The van der Waals surface area contributed by atoms with Gasteiger partial charge in [0.05, 0.1) is 6.04 Å². The lowest BCUT2D eigenvalue weighted by Crippen LogP contribution is -2.22. The maximum atomic E-state index is 10.3. The summed E-state index contributed by atoms with van der Waals surface area (Å²) in [6.45, 7) is 2.84. The molecule has 1 aliphatic heterocycles. The molecule has 0 bridgehead atoms. The number of esters is 1. The van der Waals surface area contributed by atoms with E-state index in [1.807, 2.05) is 0 Å². The molecule has 1 fully saturated rings. The molecule has 0 unspecified atom stereocenters. The molecule has 1 radical (unpaired) electrons. The Balaban J connectivity index is 2.07. The highest BCUT2D eigenvalue weighted by molar-refractivity contribution is 5.65. The fourth-order valence-electron chi connectivity index (χ4n) is 1.04. The van der Waals surface area contributed by atoms with Gasteiger partial charge in [0.1, 0.15) is 6.61 Å². The fourth-order valence-corrected chi connectivity index (χ4v) is 1.04. The minimum Gasteiger partial charge on any atom is -0.464 e. The third-order valence-corrected chi connectivity index (χ3v) is 1.56. The molecule has 0 aromatic carbocycles. The first-order valence-corrected chi connectivity index (χ1v) is 3.59. The number of carbonyl (C=O) groups excluding carboxylic acids is 1. The van der Waals surface area contributed by atoms with Gasteiger partial charge < -0.3 is 4.74 Å². The quantitative estimate of drug-likeness (QED) is 0.521. The van der Waals surface area contributed by atoms with E-state index in [4.69, 9.17) is 4.74 Å². The number of carbonyl (C=O) groups is 1. The molecular formula is C7H12NO2. The van der Waals surface area contributed by atoms with Crippen LogP contribution in [0.3, 0.4) is 0 Å². The van der Waals surface area contributed by atoms with Crippen molar-refractivity contribution in [3.63, 3.8) is 0 Å². The van der Waals surface area contributed by atoms with Crippen LogP contribution < -0.4 is 5.32 Å².